The van der Waals surface area contributed by atoms with Gasteiger partial charge in [-0.3, -0.25) is 19.4 Å². The van der Waals surface area contributed by atoms with E-state index in [9.17, 15) is 9.59 Å². The minimum absolute atomic E-state index is 0.00424. The topological polar surface area (TPSA) is 53.1 Å². The maximum absolute atomic E-state index is 13.0. The Labute approximate surface area is 161 Å². The molecule has 6 heteroatoms. The van der Waals surface area contributed by atoms with E-state index >= 15 is 0 Å². The number of amides is 2. The molecule has 0 aliphatic carbocycles. The van der Waals surface area contributed by atoms with E-state index in [1.165, 1.54) is 12.8 Å². The Bertz CT molecular complexity index is 712. The van der Waals surface area contributed by atoms with Crippen LogP contribution in [0.15, 0.2) is 24.3 Å². The van der Waals surface area contributed by atoms with E-state index in [4.69, 9.17) is 4.74 Å². The van der Waals surface area contributed by atoms with Gasteiger partial charge in [-0.15, -0.1) is 0 Å². The van der Waals surface area contributed by atoms with Crippen molar-refractivity contribution in [2.75, 3.05) is 31.1 Å². The molecule has 0 unspecified atom stereocenters. The lowest BCUT2D eigenvalue weighted by Crippen LogP contribution is -2.54. The molecule has 0 bridgehead atoms. The fourth-order valence-corrected chi connectivity index (χ4v) is 4.92. The van der Waals surface area contributed by atoms with Crippen LogP contribution >= 0.6 is 0 Å². The van der Waals surface area contributed by atoms with E-state index in [0.29, 0.717) is 29.6 Å². The summed E-state index contributed by atoms with van der Waals surface area (Å²) in [5, 5.41) is 0. The standard InChI is InChI=1S/C21H29N3O3/c1-15-9-10-16(2)24(15)17-6-5-11-22(12-17)20(25)13-23-18-7-3-4-8-19(18)27-14-21(23)26/h3-4,7-8,15-17H,5-6,9-14H2,1-2H3/t15-,16-,17+/m1/s1. The van der Waals surface area contributed by atoms with Crippen LogP contribution in [-0.2, 0) is 9.59 Å². The molecule has 3 heterocycles. The van der Waals surface area contributed by atoms with Crippen LogP contribution in [0.1, 0.15) is 39.5 Å². The van der Waals surface area contributed by atoms with Crippen LogP contribution in [0.25, 0.3) is 0 Å². The predicted octanol–water partition coefficient (Wildman–Crippen LogP) is 2.28. The van der Waals surface area contributed by atoms with Gasteiger partial charge in [0.15, 0.2) is 6.61 Å². The number of hydrogen-bond acceptors (Lipinski definition) is 4. The van der Waals surface area contributed by atoms with Gasteiger partial charge < -0.3 is 9.64 Å². The number of fused-ring (bicyclic) bond motifs is 1. The van der Waals surface area contributed by atoms with Crippen molar-refractivity contribution in [3.05, 3.63) is 24.3 Å². The highest BCUT2D eigenvalue weighted by Gasteiger charge is 2.37. The highest BCUT2D eigenvalue weighted by atomic mass is 16.5. The molecule has 6 nitrogen and oxygen atoms in total. The maximum atomic E-state index is 13.0. The van der Waals surface area contributed by atoms with E-state index in [1.807, 2.05) is 29.2 Å². The summed E-state index contributed by atoms with van der Waals surface area (Å²) in [6.07, 6.45) is 4.66. The summed E-state index contributed by atoms with van der Waals surface area (Å²) in [6, 6.07) is 9.04. The normalized spacial score (nSPS) is 28.8. The largest absolute Gasteiger partial charge is 0.482 e. The zero-order valence-corrected chi connectivity index (χ0v) is 16.3. The van der Waals surface area contributed by atoms with E-state index in [1.54, 1.807) is 4.90 Å². The van der Waals surface area contributed by atoms with E-state index in [-0.39, 0.29) is 25.0 Å². The number of hydrogen-bond donors (Lipinski definition) is 0. The third-order valence-electron chi connectivity index (χ3n) is 6.29. The Kier molecular flexibility index (Phi) is 5.08. The van der Waals surface area contributed by atoms with Crippen LogP contribution in [0.5, 0.6) is 5.75 Å². The molecule has 3 aliphatic heterocycles. The smallest absolute Gasteiger partial charge is 0.265 e. The number of nitrogens with zero attached hydrogens (tertiary/aromatic N) is 3. The fourth-order valence-electron chi connectivity index (χ4n) is 4.92. The number of para-hydroxylation sites is 2. The predicted molar refractivity (Wildman–Crippen MR) is 104 cm³/mol. The first kappa shape index (κ1) is 18.3. The second kappa shape index (κ2) is 7.50. The van der Waals surface area contributed by atoms with Gasteiger partial charge in [0.1, 0.15) is 12.3 Å². The second-order valence-corrected chi connectivity index (χ2v) is 8.09. The lowest BCUT2D eigenvalue weighted by Gasteiger charge is -2.42. The maximum Gasteiger partial charge on any atom is 0.265 e. The van der Waals surface area contributed by atoms with Gasteiger partial charge in [-0.25, -0.2) is 0 Å². The zero-order chi connectivity index (χ0) is 19.0. The molecular formula is C21H29N3O3. The number of ether oxygens (including phenoxy) is 1. The molecule has 146 valence electrons. The SMILES string of the molecule is C[C@@H]1CC[C@@H](C)N1[C@H]1CCCN(C(=O)CN2C(=O)COc3ccccc32)C1. The number of likely N-dealkylation sites (tertiary alicyclic amines) is 2. The summed E-state index contributed by atoms with van der Waals surface area (Å²) in [7, 11) is 0. The number of piperidine rings is 1. The quantitative estimate of drug-likeness (QED) is 0.818. The molecule has 0 spiro atoms. The second-order valence-electron chi connectivity index (χ2n) is 8.09. The molecular weight excluding hydrogens is 342 g/mol. The van der Waals surface area contributed by atoms with Gasteiger partial charge in [0.25, 0.3) is 5.91 Å². The summed E-state index contributed by atoms with van der Waals surface area (Å²) < 4.78 is 5.48. The molecule has 3 atom stereocenters. The number of benzene rings is 1. The van der Waals surface area contributed by atoms with E-state index < -0.39 is 0 Å². The molecule has 4 rings (SSSR count). The number of rotatable bonds is 3. The summed E-state index contributed by atoms with van der Waals surface area (Å²) in [5.74, 6) is 0.544. The first-order valence-electron chi connectivity index (χ1n) is 10.1. The molecule has 2 fully saturated rings. The number of carbonyl (C=O) groups is 2. The van der Waals surface area contributed by atoms with Crippen LogP contribution in [-0.4, -0.2) is 66.0 Å². The summed E-state index contributed by atoms with van der Waals surface area (Å²) in [5.41, 5.74) is 0.692. The van der Waals surface area contributed by atoms with Crippen molar-refractivity contribution in [1.82, 2.24) is 9.80 Å². The molecule has 0 N–H and O–H groups in total. The van der Waals surface area contributed by atoms with Crippen molar-refractivity contribution in [1.29, 1.82) is 0 Å². The Hall–Kier alpha value is -2.08. The van der Waals surface area contributed by atoms with Gasteiger partial charge in [-0.05, 0) is 51.7 Å². The fraction of sp³-hybridized carbons (Fsp3) is 0.619. The van der Waals surface area contributed by atoms with Gasteiger partial charge in [0.05, 0.1) is 5.69 Å². The van der Waals surface area contributed by atoms with Crippen LogP contribution in [0.4, 0.5) is 5.69 Å². The molecule has 1 aromatic carbocycles. The van der Waals surface area contributed by atoms with Crippen LogP contribution in [0.2, 0.25) is 0 Å². The molecule has 1 aromatic rings. The van der Waals surface area contributed by atoms with Crippen molar-refractivity contribution in [2.24, 2.45) is 0 Å². The minimum Gasteiger partial charge on any atom is -0.482 e. The first-order valence-corrected chi connectivity index (χ1v) is 10.1. The van der Waals surface area contributed by atoms with Crippen molar-refractivity contribution in [3.8, 4) is 5.75 Å². The summed E-state index contributed by atoms with van der Waals surface area (Å²) >= 11 is 0. The molecule has 0 radical (unpaired) electrons. The highest BCUT2D eigenvalue weighted by Crippen LogP contribution is 2.32. The van der Waals surface area contributed by atoms with Gasteiger partial charge in [-0.1, -0.05) is 12.1 Å². The van der Waals surface area contributed by atoms with Crippen molar-refractivity contribution in [2.45, 2.75) is 57.7 Å². The molecule has 2 saturated heterocycles. The monoisotopic (exact) mass is 371 g/mol. The van der Waals surface area contributed by atoms with Crippen LogP contribution in [0.3, 0.4) is 0 Å². The average Bonchev–Trinajstić information content (AvgIpc) is 3.02. The first-order chi connectivity index (χ1) is 13.0. The molecule has 27 heavy (non-hydrogen) atoms. The molecule has 0 saturated carbocycles. The van der Waals surface area contributed by atoms with E-state index in [2.05, 4.69) is 18.7 Å². The van der Waals surface area contributed by atoms with Crippen molar-refractivity contribution in [3.63, 3.8) is 0 Å². The average molecular weight is 371 g/mol. The lowest BCUT2D eigenvalue weighted by atomic mass is 10.0. The molecule has 3 aliphatic rings. The third-order valence-corrected chi connectivity index (χ3v) is 6.29. The van der Waals surface area contributed by atoms with Gasteiger partial charge in [0.2, 0.25) is 5.91 Å². The molecule has 2 amide bonds. The van der Waals surface area contributed by atoms with Gasteiger partial charge >= 0.3 is 0 Å². The Morgan fingerprint density at radius 3 is 2.67 bits per heavy atom. The summed E-state index contributed by atoms with van der Waals surface area (Å²) in [4.78, 5) is 31.5. The zero-order valence-electron chi connectivity index (χ0n) is 16.3. The van der Waals surface area contributed by atoms with Gasteiger partial charge in [-0.2, -0.15) is 0 Å². The Balaban J connectivity index is 1.45. The Morgan fingerprint density at radius 1 is 1.15 bits per heavy atom. The Morgan fingerprint density at radius 2 is 1.89 bits per heavy atom. The van der Waals surface area contributed by atoms with Crippen molar-refractivity contribution < 1.29 is 14.3 Å². The minimum atomic E-state index is -0.155. The van der Waals surface area contributed by atoms with Crippen molar-refractivity contribution >= 4 is 17.5 Å². The lowest BCUT2D eigenvalue weighted by molar-refractivity contribution is -0.134. The number of anilines is 1. The third kappa shape index (κ3) is 3.55. The molecule has 0 aromatic heterocycles. The van der Waals surface area contributed by atoms with Crippen LogP contribution < -0.4 is 9.64 Å². The van der Waals surface area contributed by atoms with Crippen LogP contribution in [0, 0.1) is 0 Å². The van der Waals surface area contributed by atoms with Gasteiger partial charge in [0, 0.05) is 31.2 Å². The summed E-state index contributed by atoms with van der Waals surface area (Å²) in [6.45, 7) is 6.24. The number of carbonyl (C=O) groups excluding carboxylic acids is 2. The highest BCUT2D eigenvalue weighted by molar-refractivity contribution is 6.02. The van der Waals surface area contributed by atoms with E-state index in [0.717, 1.165) is 25.9 Å².